The maximum absolute atomic E-state index is 12.1. The van der Waals surface area contributed by atoms with Crippen molar-refractivity contribution in [3.63, 3.8) is 0 Å². The minimum absolute atomic E-state index is 0.0250. The number of carbonyl (C=O) groups excluding carboxylic acids is 1. The van der Waals surface area contributed by atoms with Crippen molar-refractivity contribution in [3.8, 4) is 11.5 Å². The van der Waals surface area contributed by atoms with Crippen molar-refractivity contribution in [3.05, 3.63) is 58.6 Å². The third kappa shape index (κ3) is 6.24. The fourth-order valence-corrected chi connectivity index (χ4v) is 2.97. The molecule has 5 nitrogen and oxygen atoms in total. The number of benzene rings is 2. The summed E-state index contributed by atoms with van der Waals surface area (Å²) in [7, 11) is 5.25. The molecule has 0 aromatic heterocycles. The van der Waals surface area contributed by atoms with Crippen LogP contribution in [0, 0.1) is 0 Å². The highest BCUT2D eigenvalue weighted by molar-refractivity contribution is 6.30. The quantitative estimate of drug-likeness (QED) is 0.699. The minimum Gasteiger partial charge on any atom is -0.497 e. The van der Waals surface area contributed by atoms with Gasteiger partial charge in [0.15, 0.2) is 6.54 Å². The molecule has 2 rings (SSSR count). The van der Waals surface area contributed by atoms with Crippen LogP contribution in [-0.4, -0.2) is 40.3 Å². The lowest BCUT2D eigenvalue weighted by Gasteiger charge is -2.16. The normalized spacial score (nSPS) is 11.7. The average Bonchev–Trinajstić information content (AvgIpc) is 2.62. The van der Waals surface area contributed by atoms with E-state index in [4.69, 9.17) is 21.1 Å². The lowest BCUT2D eigenvalue weighted by molar-refractivity contribution is -0.885. The minimum atomic E-state index is 0.0250. The number of amides is 1. The number of hydrogen-bond donors (Lipinski definition) is 2. The Kier molecular flexibility index (Phi) is 7.75. The summed E-state index contributed by atoms with van der Waals surface area (Å²) in [5.41, 5.74) is 2.15. The number of hydrogen-bond acceptors (Lipinski definition) is 3. The van der Waals surface area contributed by atoms with Crippen LogP contribution >= 0.6 is 11.6 Å². The Hall–Kier alpha value is -2.24. The Balaban J connectivity index is 1.80. The molecule has 0 fully saturated rings. The van der Waals surface area contributed by atoms with E-state index < -0.39 is 0 Å². The molecular weight excluding hydrogens is 352 g/mol. The van der Waals surface area contributed by atoms with Crippen LogP contribution in [0.15, 0.2) is 42.5 Å². The Bertz CT molecular complexity index is 737. The molecule has 2 N–H and O–H groups in total. The Morgan fingerprint density at radius 2 is 1.96 bits per heavy atom. The zero-order chi connectivity index (χ0) is 18.9. The van der Waals surface area contributed by atoms with Gasteiger partial charge in [-0.15, -0.1) is 0 Å². The first-order chi connectivity index (χ1) is 12.5. The van der Waals surface area contributed by atoms with Crippen molar-refractivity contribution >= 4 is 17.5 Å². The first-order valence-electron chi connectivity index (χ1n) is 8.55. The largest absolute Gasteiger partial charge is 0.497 e. The lowest BCUT2D eigenvalue weighted by Crippen LogP contribution is -3.08. The summed E-state index contributed by atoms with van der Waals surface area (Å²) in [6, 6.07) is 13.4. The van der Waals surface area contributed by atoms with E-state index in [0.717, 1.165) is 33.9 Å². The van der Waals surface area contributed by atoms with Gasteiger partial charge in [-0.25, -0.2) is 0 Å². The van der Waals surface area contributed by atoms with Gasteiger partial charge in [0.25, 0.3) is 5.91 Å². The van der Waals surface area contributed by atoms with Crippen LogP contribution in [0.3, 0.4) is 0 Å². The van der Waals surface area contributed by atoms with E-state index >= 15 is 0 Å². The summed E-state index contributed by atoms with van der Waals surface area (Å²) in [5, 5.41) is 3.67. The van der Waals surface area contributed by atoms with E-state index in [2.05, 4.69) is 5.32 Å². The average molecular weight is 378 g/mol. The van der Waals surface area contributed by atoms with Crippen molar-refractivity contribution < 1.29 is 19.2 Å². The van der Waals surface area contributed by atoms with Gasteiger partial charge in [0.2, 0.25) is 0 Å². The third-order valence-corrected chi connectivity index (χ3v) is 4.31. The maximum atomic E-state index is 12.1. The second-order valence-corrected chi connectivity index (χ2v) is 6.65. The molecule has 0 aliphatic heterocycles. The molecular formula is C20H26ClN2O3+. The van der Waals surface area contributed by atoms with E-state index in [-0.39, 0.29) is 5.91 Å². The number of likely N-dealkylation sites (N-methyl/N-ethyl adjacent to an activating group) is 1. The van der Waals surface area contributed by atoms with Crippen LogP contribution in [-0.2, 0) is 17.8 Å². The van der Waals surface area contributed by atoms with Crippen LogP contribution in [0.25, 0.3) is 0 Å². The number of methoxy groups -OCH3 is 2. The fourth-order valence-electron chi connectivity index (χ4n) is 2.76. The molecule has 0 radical (unpaired) electrons. The van der Waals surface area contributed by atoms with Gasteiger partial charge in [-0.1, -0.05) is 23.7 Å². The Morgan fingerprint density at radius 3 is 2.65 bits per heavy atom. The zero-order valence-electron chi connectivity index (χ0n) is 15.5. The fraction of sp³-hybridized carbons (Fsp3) is 0.350. The molecule has 140 valence electrons. The first kappa shape index (κ1) is 20.1. The second-order valence-electron chi connectivity index (χ2n) is 6.22. The SMILES string of the molecule is COc1ccc(C[NH+](C)CC(=O)NCCc2cccc(Cl)c2)c(OC)c1. The predicted octanol–water partition coefficient (Wildman–Crippen LogP) is 1.73. The van der Waals surface area contributed by atoms with E-state index in [1.807, 2.05) is 49.5 Å². The van der Waals surface area contributed by atoms with Crippen molar-refractivity contribution in [2.45, 2.75) is 13.0 Å². The van der Waals surface area contributed by atoms with Crippen molar-refractivity contribution in [2.75, 3.05) is 34.4 Å². The molecule has 1 amide bonds. The molecule has 0 heterocycles. The number of halogens is 1. The monoisotopic (exact) mass is 377 g/mol. The van der Waals surface area contributed by atoms with Crippen LogP contribution in [0.4, 0.5) is 0 Å². The van der Waals surface area contributed by atoms with Gasteiger partial charge >= 0.3 is 0 Å². The van der Waals surface area contributed by atoms with Crippen LogP contribution in [0.2, 0.25) is 5.02 Å². The molecule has 26 heavy (non-hydrogen) atoms. The molecule has 0 aliphatic rings. The Morgan fingerprint density at radius 1 is 1.15 bits per heavy atom. The van der Waals surface area contributed by atoms with Crippen LogP contribution in [0.1, 0.15) is 11.1 Å². The van der Waals surface area contributed by atoms with Crippen molar-refractivity contribution in [2.24, 2.45) is 0 Å². The van der Waals surface area contributed by atoms with E-state index in [0.29, 0.717) is 24.7 Å². The Labute approximate surface area is 159 Å². The van der Waals surface area contributed by atoms with Crippen LogP contribution in [0.5, 0.6) is 11.5 Å². The van der Waals surface area contributed by atoms with E-state index in [1.54, 1.807) is 14.2 Å². The molecule has 2 aromatic rings. The molecule has 2 aromatic carbocycles. The summed E-state index contributed by atoms with van der Waals surface area (Å²) in [5.74, 6) is 1.55. The molecule has 1 unspecified atom stereocenters. The first-order valence-corrected chi connectivity index (χ1v) is 8.93. The highest BCUT2D eigenvalue weighted by Gasteiger charge is 2.14. The molecule has 0 saturated heterocycles. The highest BCUT2D eigenvalue weighted by atomic mass is 35.5. The number of ether oxygens (including phenoxy) is 2. The van der Waals surface area contributed by atoms with E-state index in [9.17, 15) is 4.79 Å². The zero-order valence-corrected chi connectivity index (χ0v) is 16.2. The summed E-state index contributed by atoms with van der Waals surface area (Å²) < 4.78 is 10.6. The smallest absolute Gasteiger partial charge is 0.275 e. The molecule has 1 atom stereocenters. The molecule has 0 spiro atoms. The predicted molar refractivity (Wildman–Crippen MR) is 103 cm³/mol. The number of rotatable bonds is 9. The van der Waals surface area contributed by atoms with Gasteiger partial charge in [0.05, 0.1) is 21.3 Å². The number of nitrogens with one attached hydrogen (secondary N) is 2. The van der Waals surface area contributed by atoms with Gasteiger partial charge < -0.3 is 19.7 Å². The third-order valence-electron chi connectivity index (χ3n) is 4.07. The number of quaternary nitrogens is 1. The topological polar surface area (TPSA) is 52.0 Å². The lowest BCUT2D eigenvalue weighted by atomic mass is 10.1. The highest BCUT2D eigenvalue weighted by Crippen LogP contribution is 2.23. The summed E-state index contributed by atoms with van der Waals surface area (Å²) in [4.78, 5) is 13.2. The van der Waals surface area contributed by atoms with Gasteiger partial charge in [-0.3, -0.25) is 4.79 Å². The maximum Gasteiger partial charge on any atom is 0.275 e. The van der Waals surface area contributed by atoms with E-state index in [1.165, 1.54) is 0 Å². The summed E-state index contributed by atoms with van der Waals surface area (Å²) in [6.45, 7) is 1.68. The van der Waals surface area contributed by atoms with Crippen molar-refractivity contribution in [1.82, 2.24) is 5.32 Å². The van der Waals surface area contributed by atoms with Gasteiger partial charge in [0, 0.05) is 23.2 Å². The molecule has 0 saturated carbocycles. The van der Waals surface area contributed by atoms with Gasteiger partial charge in [-0.2, -0.15) is 0 Å². The molecule has 0 bridgehead atoms. The second kappa shape index (κ2) is 10.0. The van der Waals surface area contributed by atoms with Gasteiger partial charge in [-0.05, 0) is 36.2 Å². The number of carbonyl (C=O) groups is 1. The van der Waals surface area contributed by atoms with Crippen molar-refractivity contribution in [1.29, 1.82) is 0 Å². The standard InChI is InChI=1S/C20H25ClN2O3/c1-23(13-16-7-8-18(25-2)12-19(16)26-3)14-20(24)22-10-9-15-5-4-6-17(21)11-15/h4-8,11-12H,9-10,13-14H2,1-3H3,(H,22,24)/p+1. The van der Waals surface area contributed by atoms with Gasteiger partial charge in [0.1, 0.15) is 18.0 Å². The van der Waals surface area contributed by atoms with Crippen LogP contribution < -0.4 is 19.7 Å². The molecule has 6 heteroatoms. The molecule has 0 aliphatic carbocycles. The summed E-state index contributed by atoms with van der Waals surface area (Å²) in [6.07, 6.45) is 0.762. The summed E-state index contributed by atoms with van der Waals surface area (Å²) >= 11 is 5.97.